The van der Waals surface area contributed by atoms with Gasteiger partial charge in [-0.1, -0.05) is 36.4 Å². The van der Waals surface area contributed by atoms with Crippen LogP contribution in [0.15, 0.2) is 36.4 Å². The van der Waals surface area contributed by atoms with Gasteiger partial charge in [0.15, 0.2) is 0 Å². The molecule has 19 heavy (non-hydrogen) atoms. The summed E-state index contributed by atoms with van der Waals surface area (Å²) in [5.41, 5.74) is 2.57. The van der Waals surface area contributed by atoms with E-state index in [4.69, 9.17) is 14.2 Å². The molecule has 4 bridgehead atoms. The van der Waals surface area contributed by atoms with Gasteiger partial charge in [0.2, 0.25) is 0 Å². The minimum absolute atomic E-state index is 0.203. The Morgan fingerprint density at radius 1 is 0.737 bits per heavy atom. The summed E-state index contributed by atoms with van der Waals surface area (Å²) in [6.45, 7) is 1.34. The largest absolute Gasteiger partial charge is 0.376 e. The van der Waals surface area contributed by atoms with Gasteiger partial charge in [0, 0.05) is 0 Å². The average Bonchev–Trinajstić information content (AvgIpc) is 3.33. The molecule has 0 aromatic heterocycles. The molecule has 3 heterocycles. The van der Waals surface area contributed by atoms with Crippen molar-refractivity contribution in [3.05, 3.63) is 47.5 Å². The molecule has 2 aromatic rings. The molecule has 2 fully saturated rings. The van der Waals surface area contributed by atoms with Crippen molar-refractivity contribution in [2.75, 3.05) is 13.2 Å². The molecule has 0 aliphatic carbocycles. The summed E-state index contributed by atoms with van der Waals surface area (Å²) in [7, 11) is 0. The lowest BCUT2D eigenvalue weighted by atomic mass is 9.96. The van der Waals surface area contributed by atoms with Crippen LogP contribution in [0.25, 0.3) is 10.8 Å². The molecular weight excluding hydrogens is 240 g/mol. The summed E-state index contributed by atoms with van der Waals surface area (Å²) in [4.78, 5) is 0. The Balaban J connectivity index is 1.76. The normalized spacial score (nSPS) is 35.4. The van der Waals surface area contributed by atoms with Crippen molar-refractivity contribution < 1.29 is 14.2 Å². The van der Waals surface area contributed by atoms with E-state index in [1.807, 2.05) is 0 Å². The lowest BCUT2D eigenvalue weighted by Gasteiger charge is -2.07. The van der Waals surface area contributed by atoms with Crippen molar-refractivity contribution in [3.63, 3.8) is 0 Å². The van der Waals surface area contributed by atoms with Crippen LogP contribution >= 0.6 is 0 Å². The van der Waals surface area contributed by atoms with Gasteiger partial charge in [-0.2, -0.15) is 0 Å². The molecule has 2 saturated heterocycles. The van der Waals surface area contributed by atoms with Gasteiger partial charge < -0.3 is 14.2 Å². The summed E-state index contributed by atoms with van der Waals surface area (Å²) in [5.74, 6) is 0. The van der Waals surface area contributed by atoms with Gasteiger partial charge in [-0.15, -0.1) is 0 Å². The first-order chi connectivity index (χ1) is 9.42. The van der Waals surface area contributed by atoms with E-state index in [1.54, 1.807) is 0 Å². The molecular formula is C16H14O3. The highest BCUT2D eigenvalue weighted by Gasteiger charge is 2.45. The first-order valence-corrected chi connectivity index (χ1v) is 6.82. The van der Waals surface area contributed by atoms with Gasteiger partial charge in [0.05, 0.1) is 13.2 Å². The average molecular weight is 254 g/mol. The van der Waals surface area contributed by atoms with Crippen LogP contribution < -0.4 is 0 Å². The minimum atomic E-state index is 0.203. The Morgan fingerprint density at radius 2 is 1.26 bits per heavy atom. The number of fused-ring (bicyclic) bond motifs is 4. The SMILES string of the molecule is c1cc2c3cccc(c3c1)C1OC1COCC1OC21. The van der Waals surface area contributed by atoms with Crippen LogP contribution in [0.5, 0.6) is 0 Å². The first kappa shape index (κ1) is 10.4. The van der Waals surface area contributed by atoms with Crippen molar-refractivity contribution in [3.8, 4) is 0 Å². The fourth-order valence-electron chi connectivity index (χ4n) is 3.24. The molecule has 3 aliphatic rings. The summed E-state index contributed by atoms with van der Waals surface area (Å²) in [6, 6.07) is 12.9. The zero-order valence-corrected chi connectivity index (χ0v) is 10.4. The van der Waals surface area contributed by atoms with E-state index in [9.17, 15) is 0 Å². The number of hydrogen-bond acceptors (Lipinski definition) is 3. The molecule has 5 rings (SSSR count). The third-order valence-corrected chi connectivity index (χ3v) is 4.33. The maximum Gasteiger partial charge on any atom is 0.112 e. The molecule has 2 aromatic carbocycles. The molecule has 0 saturated carbocycles. The number of benzene rings is 2. The second kappa shape index (κ2) is 3.57. The van der Waals surface area contributed by atoms with Crippen LogP contribution in [0.3, 0.4) is 0 Å². The van der Waals surface area contributed by atoms with Gasteiger partial charge in [-0.25, -0.2) is 0 Å². The molecule has 96 valence electrons. The van der Waals surface area contributed by atoms with Crippen LogP contribution in [0.2, 0.25) is 0 Å². The van der Waals surface area contributed by atoms with E-state index in [0.717, 1.165) is 0 Å². The van der Waals surface area contributed by atoms with E-state index in [1.165, 1.54) is 21.9 Å². The van der Waals surface area contributed by atoms with Crippen molar-refractivity contribution in [1.29, 1.82) is 0 Å². The fraction of sp³-hybridized carbons (Fsp3) is 0.375. The highest BCUT2D eigenvalue weighted by molar-refractivity contribution is 5.89. The monoisotopic (exact) mass is 254 g/mol. The van der Waals surface area contributed by atoms with Crippen LogP contribution in [0.1, 0.15) is 23.3 Å². The second-order valence-corrected chi connectivity index (χ2v) is 5.52. The highest BCUT2D eigenvalue weighted by Crippen LogP contribution is 2.47. The third-order valence-electron chi connectivity index (χ3n) is 4.33. The van der Waals surface area contributed by atoms with Crippen molar-refractivity contribution in [2.45, 2.75) is 24.4 Å². The zero-order valence-electron chi connectivity index (χ0n) is 10.4. The Bertz CT molecular complexity index is 609. The highest BCUT2D eigenvalue weighted by atomic mass is 16.6. The number of epoxide rings is 2. The molecule has 3 heteroatoms. The first-order valence-electron chi connectivity index (χ1n) is 6.82. The molecule has 4 unspecified atom stereocenters. The van der Waals surface area contributed by atoms with Crippen molar-refractivity contribution in [1.82, 2.24) is 0 Å². The molecule has 0 spiro atoms. The van der Waals surface area contributed by atoms with E-state index in [-0.39, 0.29) is 24.4 Å². The standard InChI is InChI=1S/C16H14O3/c1-3-9-10-4-2-6-12(9)16-14(19-16)8-17-7-13-15(18-13)11(10)5-1/h1-6,13-16H,7-8H2. The number of ether oxygens (including phenoxy) is 3. The maximum absolute atomic E-state index is 5.76. The van der Waals surface area contributed by atoms with Crippen LogP contribution in [0.4, 0.5) is 0 Å². The Morgan fingerprint density at radius 3 is 1.79 bits per heavy atom. The van der Waals surface area contributed by atoms with E-state index >= 15 is 0 Å². The molecule has 3 nitrogen and oxygen atoms in total. The van der Waals surface area contributed by atoms with E-state index in [2.05, 4.69) is 36.4 Å². The summed E-state index contributed by atoms with van der Waals surface area (Å²) in [6.07, 6.45) is 0.831. The summed E-state index contributed by atoms with van der Waals surface area (Å²) >= 11 is 0. The molecule has 0 radical (unpaired) electrons. The topological polar surface area (TPSA) is 34.3 Å². The fourth-order valence-corrected chi connectivity index (χ4v) is 3.24. The number of hydrogen-bond donors (Lipinski definition) is 0. The molecule has 0 N–H and O–H groups in total. The third kappa shape index (κ3) is 1.49. The van der Waals surface area contributed by atoms with Gasteiger partial charge in [-0.3, -0.25) is 0 Å². The maximum atomic E-state index is 5.76. The molecule has 3 aliphatic heterocycles. The number of rotatable bonds is 0. The van der Waals surface area contributed by atoms with Crippen LogP contribution in [-0.4, -0.2) is 25.4 Å². The predicted molar refractivity (Wildman–Crippen MR) is 70.0 cm³/mol. The van der Waals surface area contributed by atoms with E-state index in [0.29, 0.717) is 13.2 Å². The predicted octanol–water partition coefficient (Wildman–Crippen LogP) is 2.75. The van der Waals surface area contributed by atoms with Crippen LogP contribution in [0, 0.1) is 0 Å². The quantitative estimate of drug-likeness (QED) is 0.678. The minimum Gasteiger partial charge on any atom is -0.376 e. The summed E-state index contributed by atoms with van der Waals surface area (Å²) in [5, 5.41) is 2.59. The lowest BCUT2D eigenvalue weighted by Crippen LogP contribution is -2.07. The van der Waals surface area contributed by atoms with Gasteiger partial charge in [-0.05, 0) is 21.9 Å². The molecule has 0 amide bonds. The van der Waals surface area contributed by atoms with Crippen molar-refractivity contribution >= 4 is 10.8 Å². The van der Waals surface area contributed by atoms with Gasteiger partial charge in [0.1, 0.15) is 24.4 Å². The van der Waals surface area contributed by atoms with Crippen molar-refractivity contribution in [2.24, 2.45) is 0 Å². The zero-order chi connectivity index (χ0) is 12.4. The van der Waals surface area contributed by atoms with Crippen LogP contribution in [-0.2, 0) is 14.2 Å². The second-order valence-electron chi connectivity index (χ2n) is 5.52. The smallest absolute Gasteiger partial charge is 0.112 e. The summed E-state index contributed by atoms with van der Waals surface area (Å²) < 4.78 is 17.2. The molecule has 4 atom stereocenters. The van der Waals surface area contributed by atoms with Gasteiger partial charge in [0.25, 0.3) is 0 Å². The Kier molecular flexibility index (Phi) is 1.95. The Labute approximate surface area is 111 Å². The Hall–Kier alpha value is -1.42. The lowest BCUT2D eigenvalue weighted by molar-refractivity contribution is 0.102. The van der Waals surface area contributed by atoms with E-state index < -0.39 is 0 Å². The van der Waals surface area contributed by atoms with Gasteiger partial charge >= 0.3 is 0 Å².